The number of nitrogens with one attached hydrogen (secondary N) is 2. The molecule has 1 aliphatic carbocycles. The molecule has 1 saturated carbocycles. The van der Waals surface area contributed by atoms with Crippen molar-refractivity contribution < 1.29 is 8.42 Å². The Kier molecular flexibility index (Phi) is 4.88. The van der Waals surface area contributed by atoms with E-state index in [9.17, 15) is 8.42 Å². The van der Waals surface area contributed by atoms with Crippen LogP contribution in [-0.2, 0) is 23.1 Å². The third-order valence-electron chi connectivity index (χ3n) is 3.86. The standard InChI is InChI=1S/C14H25N3O2S/c1-4-6-11-7-14(11)16-20(18,19)13-8-12(9-15-3)17(5-2)10-13/h8,10-11,14-16H,4-7,9H2,1-3H3. The van der Waals surface area contributed by atoms with Crippen molar-refractivity contribution in [3.63, 3.8) is 0 Å². The number of sulfonamides is 1. The molecule has 20 heavy (non-hydrogen) atoms. The molecule has 114 valence electrons. The summed E-state index contributed by atoms with van der Waals surface area (Å²) in [4.78, 5) is 0.381. The molecule has 5 nitrogen and oxygen atoms in total. The second kappa shape index (κ2) is 6.28. The number of aryl methyl sites for hydroxylation is 1. The maximum absolute atomic E-state index is 12.4. The van der Waals surface area contributed by atoms with Crippen LogP contribution in [0.15, 0.2) is 17.2 Å². The highest BCUT2D eigenvalue weighted by Crippen LogP contribution is 2.35. The summed E-state index contributed by atoms with van der Waals surface area (Å²) < 4.78 is 29.5. The Balaban J connectivity index is 2.09. The van der Waals surface area contributed by atoms with Gasteiger partial charge < -0.3 is 9.88 Å². The minimum atomic E-state index is -3.38. The predicted octanol–water partition coefficient (Wildman–Crippen LogP) is 1.69. The monoisotopic (exact) mass is 299 g/mol. The molecule has 0 spiro atoms. The average molecular weight is 299 g/mol. The van der Waals surface area contributed by atoms with Crippen LogP contribution in [0.3, 0.4) is 0 Å². The molecule has 2 N–H and O–H groups in total. The first kappa shape index (κ1) is 15.5. The number of rotatable bonds is 8. The van der Waals surface area contributed by atoms with Crippen molar-refractivity contribution in [1.82, 2.24) is 14.6 Å². The van der Waals surface area contributed by atoms with Crippen LogP contribution < -0.4 is 10.0 Å². The Morgan fingerprint density at radius 2 is 2.15 bits per heavy atom. The average Bonchev–Trinajstić information content (AvgIpc) is 2.96. The molecule has 0 aromatic carbocycles. The summed E-state index contributed by atoms with van der Waals surface area (Å²) in [6.45, 7) is 5.59. The summed E-state index contributed by atoms with van der Waals surface area (Å²) >= 11 is 0. The van der Waals surface area contributed by atoms with Crippen molar-refractivity contribution >= 4 is 10.0 Å². The number of hydrogen-bond acceptors (Lipinski definition) is 3. The summed E-state index contributed by atoms with van der Waals surface area (Å²) in [6, 6.07) is 1.90. The van der Waals surface area contributed by atoms with Gasteiger partial charge in [0.2, 0.25) is 10.0 Å². The van der Waals surface area contributed by atoms with E-state index < -0.39 is 10.0 Å². The van der Waals surface area contributed by atoms with Gasteiger partial charge in [-0.25, -0.2) is 13.1 Å². The minimum Gasteiger partial charge on any atom is -0.349 e. The lowest BCUT2D eigenvalue weighted by atomic mass is 10.2. The van der Waals surface area contributed by atoms with E-state index in [4.69, 9.17) is 0 Å². The Morgan fingerprint density at radius 1 is 1.40 bits per heavy atom. The molecule has 1 aliphatic rings. The minimum absolute atomic E-state index is 0.137. The fraction of sp³-hybridized carbons (Fsp3) is 0.714. The summed E-state index contributed by atoms with van der Waals surface area (Å²) in [6.07, 6.45) is 4.92. The lowest BCUT2D eigenvalue weighted by Crippen LogP contribution is -2.26. The summed E-state index contributed by atoms with van der Waals surface area (Å²) in [5.41, 5.74) is 0.997. The molecule has 0 bridgehead atoms. The molecule has 2 rings (SSSR count). The maximum atomic E-state index is 12.4. The van der Waals surface area contributed by atoms with Gasteiger partial charge in [-0.2, -0.15) is 0 Å². The Labute approximate surface area is 121 Å². The highest BCUT2D eigenvalue weighted by atomic mass is 32.2. The Morgan fingerprint density at radius 3 is 2.75 bits per heavy atom. The molecule has 0 saturated heterocycles. The smallest absolute Gasteiger partial charge is 0.242 e. The second-order valence-electron chi connectivity index (χ2n) is 5.50. The van der Waals surface area contributed by atoms with Crippen LogP contribution in [0.1, 0.15) is 38.8 Å². The van der Waals surface area contributed by atoms with Crippen molar-refractivity contribution in [3.8, 4) is 0 Å². The zero-order chi connectivity index (χ0) is 14.8. The van der Waals surface area contributed by atoms with E-state index in [1.165, 1.54) is 0 Å². The lowest BCUT2D eigenvalue weighted by molar-refractivity contribution is 0.572. The first-order valence-electron chi connectivity index (χ1n) is 7.37. The molecule has 1 aromatic rings. The largest absolute Gasteiger partial charge is 0.349 e. The third kappa shape index (κ3) is 3.42. The van der Waals surface area contributed by atoms with Crippen molar-refractivity contribution in [2.45, 2.75) is 57.1 Å². The molecule has 2 atom stereocenters. The van der Waals surface area contributed by atoms with Gasteiger partial charge in [0.25, 0.3) is 0 Å². The first-order valence-corrected chi connectivity index (χ1v) is 8.86. The molecule has 0 aliphatic heterocycles. The second-order valence-corrected chi connectivity index (χ2v) is 7.21. The van der Waals surface area contributed by atoms with Gasteiger partial charge in [-0.05, 0) is 38.8 Å². The van der Waals surface area contributed by atoms with Crippen molar-refractivity contribution in [2.24, 2.45) is 5.92 Å². The van der Waals surface area contributed by atoms with E-state index in [2.05, 4.69) is 17.0 Å². The van der Waals surface area contributed by atoms with Crippen LogP contribution in [0, 0.1) is 5.92 Å². The van der Waals surface area contributed by atoms with E-state index >= 15 is 0 Å². The van der Waals surface area contributed by atoms with Gasteiger partial charge in [0.05, 0.1) is 4.90 Å². The van der Waals surface area contributed by atoms with Crippen molar-refractivity contribution in [2.75, 3.05) is 7.05 Å². The molecular formula is C14H25N3O2S. The molecule has 2 unspecified atom stereocenters. The molecule has 0 radical (unpaired) electrons. The van der Waals surface area contributed by atoms with Crippen LogP contribution in [-0.4, -0.2) is 26.1 Å². The molecule has 6 heteroatoms. The third-order valence-corrected chi connectivity index (χ3v) is 5.32. The van der Waals surface area contributed by atoms with E-state index in [0.29, 0.717) is 17.4 Å². The zero-order valence-electron chi connectivity index (χ0n) is 12.5. The molecule has 1 fully saturated rings. The highest BCUT2D eigenvalue weighted by Gasteiger charge is 2.39. The van der Waals surface area contributed by atoms with E-state index in [1.54, 1.807) is 12.3 Å². The van der Waals surface area contributed by atoms with Gasteiger partial charge in [-0.15, -0.1) is 0 Å². The SMILES string of the molecule is CCCC1CC1NS(=O)(=O)c1cc(CNC)n(CC)c1. The van der Waals surface area contributed by atoms with Gasteiger partial charge >= 0.3 is 0 Å². The number of aromatic nitrogens is 1. The van der Waals surface area contributed by atoms with Crippen LogP contribution in [0.5, 0.6) is 0 Å². The summed E-state index contributed by atoms with van der Waals surface area (Å²) in [5, 5.41) is 3.06. The van der Waals surface area contributed by atoms with Gasteiger partial charge in [0, 0.05) is 31.0 Å². The van der Waals surface area contributed by atoms with Crippen molar-refractivity contribution in [1.29, 1.82) is 0 Å². The summed E-state index contributed by atoms with van der Waals surface area (Å²) in [5.74, 6) is 0.528. The van der Waals surface area contributed by atoms with Crippen LogP contribution >= 0.6 is 0 Å². The van der Waals surface area contributed by atoms with Gasteiger partial charge in [0.15, 0.2) is 0 Å². The quantitative estimate of drug-likeness (QED) is 0.768. The van der Waals surface area contributed by atoms with Gasteiger partial charge in [-0.3, -0.25) is 0 Å². The fourth-order valence-electron chi connectivity index (χ4n) is 2.65. The van der Waals surface area contributed by atoms with Crippen molar-refractivity contribution in [3.05, 3.63) is 18.0 Å². The van der Waals surface area contributed by atoms with E-state index in [-0.39, 0.29) is 6.04 Å². The highest BCUT2D eigenvalue weighted by molar-refractivity contribution is 7.89. The van der Waals surface area contributed by atoms with Gasteiger partial charge in [0.1, 0.15) is 0 Å². The lowest BCUT2D eigenvalue weighted by Gasteiger charge is -2.04. The van der Waals surface area contributed by atoms with Crippen LogP contribution in [0.2, 0.25) is 0 Å². The van der Waals surface area contributed by atoms with Crippen LogP contribution in [0.25, 0.3) is 0 Å². The summed E-state index contributed by atoms with van der Waals surface area (Å²) in [7, 11) is -1.52. The Bertz CT molecular complexity index is 551. The molecule has 1 aromatic heterocycles. The fourth-order valence-corrected chi connectivity index (χ4v) is 4.03. The first-order chi connectivity index (χ1) is 9.51. The zero-order valence-corrected chi connectivity index (χ0v) is 13.3. The predicted molar refractivity (Wildman–Crippen MR) is 80.0 cm³/mol. The normalized spacial score (nSPS) is 22.1. The van der Waals surface area contributed by atoms with Crippen LogP contribution in [0.4, 0.5) is 0 Å². The molecule has 0 amide bonds. The van der Waals surface area contributed by atoms with E-state index in [1.807, 2.05) is 18.5 Å². The molecular weight excluding hydrogens is 274 g/mol. The maximum Gasteiger partial charge on any atom is 0.242 e. The number of hydrogen-bond donors (Lipinski definition) is 2. The molecule has 1 heterocycles. The van der Waals surface area contributed by atoms with E-state index in [0.717, 1.165) is 31.5 Å². The topological polar surface area (TPSA) is 63.1 Å². The van der Waals surface area contributed by atoms with Gasteiger partial charge in [-0.1, -0.05) is 13.3 Å². The Hall–Kier alpha value is -0.850. The number of nitrogens with zero attached hydrogens (tertiary/aromatic N) is 1.